The fraction of sp³-hybridized carbons (Fsp3) is 0.188. The molecular formula is C16H17N3O4. The Morgan fingerprint density at radius 3 is 2.78 bits per heavy atom. The second-order valence-corrected chi connectivity index (χ2v) is 4.52. The van der Waals surface area contributed by atoms with Gasteiger partial charge in [-0.2, -0.15) is 5.10 Å². The molecule has 2 aromatic rings. The van der Waals surface area contributed by atoms with Gasteiger partial charge in [0, 0.05) is 12.1 Å². The summed E-state index contributed by atoms with van der Waals surface area (Å²) in [4.78, 5) is 10.3. The number of rotatable bonds is 7. The third-order valence-corrected chi connectivity index (χ3v) is 2.95. The van der Waals surface area contributed by atoms with E-state index in [0.717, 1.165) is 5.56 Å². The Morgan fingerprint density at radius 1 is 1.26 bits per heavy atom. The van der Waals surface area contributed by atoms with Crippen molar-refractivity contribution in [2.24, 2.45) is 5.10 Å². The van der Waals surface area contributed by atoms with Crippen LogP contribution in [0, 0.1) is 10.1 Å². The van der Waals surface area contributed by atoms with Crippen molar-refractivity contribution < 1.29 is 14.4 Å². The maximum Gasteiger partial charge on any atom is 0.271 e. The number of hydrazone groups is 1. The number of nitro benzene ring substituents is 1. The van der Waals surface area contributed by atoms with E-state index in [9.17, 15) is 10.1 Å². The Labute approximate surface area is 133 Å². The SMILES string of the molecule is CCOc1cc(C=NNc2cccc([N+](=O)[O-])c2)ccc1OC. The minimum absolute atomic E-state index is 0.00767. The lowest BCUT2D eigenvalue weighted by Crippen LogP contribution is -1.97. The van der Waals surface area contributed by atoms with Crippen LogP contribution in [0.25, 0.3) is 0 Å². The summed E-state index contributed by atoms with van der Waals surface area (Å²) in [6.07, 6.45) is 1.60. The molecule has 0 aliphatic rings. The molecule has 2 rings (SSSR count). The third kappa shape index (κ3) is 4.44. The molecule has 0 saturated heterocycles. The molecule has 0 aromatic heterocycles. The quantitative estimate of drug-likeness (QED) is 0.480. The molecule has 0 bridgehead atoms. The molecule has 23 heavy (non-hydrogen) atoms. The van der Waals surface area contributed by atoms with E-state index < -0.39 is 4.92 Å². The number of nitro groups is 1. The number of ether oxygens (including phenoxy) is 2. The molecular weight excluding hydrogens is 298 g/mol. The van der Waals surface area contributed by atoms with Gasteiger partial charge in [0.1, 0.15) is 0 Å². The Hall–Kier alpha value is -3.09. The Morgan fingerprint density at radius 2 is 2.09 bits per heavy atom. The van der Waals surface area contributed by atoms with Crippen molar-refractivity contribution in [3.8, 4) is 11.5 Å². The summed E-state index contributed by atoms with van der Waals surface area (Å²) in [6, 6.07) is 11.6. The minimum Gasteiger partial charge on any atom is -0.493 e. The Balaban J connectivity index is 2.09. The van der Waals surface area contributed by atoms with E-state index in [1.165, 1.54) is 12.1 Å². The average molecular weight is 315 g/mol. The first-order valence-corrected chi connectivity index (χ1v) is 6.98. The summed E-state index contributed by atoms with van der Waals surface area (Å²) >= 11 is 0. The van der Waals surface area contributed by atoms with Gasteiger partial charge in [0.05, 0.1) is 30.5 Å². The first-order valence-electron chi connectivity index (χ1n) is 6.98. The molecule has 0 spiro atoms. The minimum atomic E-state index is -0.452. The van der Waals surface area contributed by atoms with Crippen LogP contribution in [-0.2, 0) is 0 Å². The van der Waals surface area contributed by atoms with Crippen molar-refractivity contribution in [3.05, 3.63) is 58.1 Å². The predicted molar refractivity (Wildman–Crippen MR) is 88.5 cm³/mol. The molecule has 0 atom stereocenters. The van der Waals surface area contributed by atoms with E-state index in [0.29, 0.717) is 23.8 Å². The van der Waals surface area contributed by atoms with Gasteiger partial charge in [0.25, 0.3) is 5.69 Å². The molecule has 0 aliphatic carbocycles. The van der Waals surface area contributed by atoms with Crippen LogP contribution in [-0.4, -0.2) is 24.9 Å². The van der Waals surface area contributed by atoms with E-state index in [-0.39, 0.29) is 5.69 Å². The van der Waals surface area contributed by atoms with Crippen molar-refractivity contribution in [2.45, 2.75) is 6.92 Å². The van der Waals surface area contributed by atoms with Crippen molar-refractivity contribution in [1.29, 1.82) is 0 Å². The van der Waals surface area contributed by atoms with Crippen LogP contribution in [0.2, 0.25) is 0 Å². The molecule has 1 N–H and O–H groups in total. The highest BCUT2D eigenvalue weighted by atomic mass is 16.6. The molecule has 0 fully saturated rings. The number of methoxy groups -OCH3 is 1. The van der Waals surface area contributed by atoms with E-state index >= 15 is 0 Å². The number of hydrogen-bond acceptors (Lipinski definition) is 6. The molecule has 7 nitrogen and oxygen atoms in total. The van der Waals surface area contributed by atoms with Gasteiger partial charge in [-0.05, 0) is 36.8 Å². The fourth-order valence-electron chi connectivity index (χ4n) is 1.91. The zero-order valence-corrected chi connectivity index (χ0v) is 12.9. The normalized spacial score (nSPS) is 10.5. The van der Waals surface area contributed by atoms with Gasteiger partial charge in [0.15, 0.2) is 11.5 Å². The predicted octanol–water partition coefficient (Wildman–Crippen LogP) is 3.45. The largest absolute Gasteiger partial charge is 0.493 e. The molecule has 2 aromatic carbocycles. The molecule has 7 heteroatoms. The fourth-order valence-corrected chi connectivity index (χ4v) is 1.91. The summed E-state index contributed by atoms with van der Waals surface area (Å²) in [7, 11) is 1.58. The van der Waals surface area contributed by atoms with Gasteiger partial charge in [-0.1, -0.05) is 6.07 Å². The highest BCUT2D eigenvalue weighted by Gasteiger charge is 2.05. The maximum absolute atomic E-state index is 10.7. The van der Waals surface area contributed by atoms with Crippen LogP contribution >= 0.6 is 0 Å². The summed E-state index contributed by atoms with van der Waals surface area (Å²) < 4.78 is 10.7. The van der Waals surface area contributed by atoms with E-state index in [1.807, 2.05) is 13.0 Å². The summed E-state index contributed by atoms with van der Waals surface area (Å²) in [6.45, 7) is 2.42. The van der Waals surface area contributed by atoms with E-state index in [2.05, 4.69) is 10.5 Å². The Bertz CT molecular complexity index is 716. The second-order valence-electron chi connectivity index (χ2n) is 4.52. The molecule has 0 saturated carbocycles. The zero-order chi connectivity index (χ0) is 16.7. The molecule has 0 radical (unpaired) electrons. The maximum atomic E-state index is 10.7. The zero-order valence-electron chi connectivity index (χ0n) is 12.9. The Kier molecular flexibility index (Phi) is 5.51. The lowest BCUT2D eigenvalue weighted by atomic mass is 10.2. The van der Waals surface area contributed by atoms with Gasteiger partial charge >= 0.3 is 0 Å². The number of hydrogen-bond donors (Lipinski definition) is 1. The first kappa shape index (κ1) is 16.3. The number of nitrogens with one attached hydrogen (secondary N) is 1. The average Bonchev–Trinajstić information content (AvgIpc) is 2.56. The van der Waals surface area contributed by atoms with Crippen LogP contribution in [0.5, 0.6) is 11.5 Å². The highest BCUT2D eigenvalue weighted by molar-refractivity contribution is 5.81. The van der Waals surface area contributed by atoms with Crippen LogP contribution in [0.3, 0.4) is 0 Å². The van der Waals surface area contributed by atoms with E-state index in [1.54, 1.807) is 37.6 Å². The van der Waals surface area contributed by atoms with Crippen LogP contribution in [0.4, 0.5) is 11.4 Å². The van der Waals surface area contributed by atoms with Crippen LogP contribution < -0.4 is 14.9 Å². The first-order chi connectivity index (χ1) is 11.1. The number of nitrogens with zero attached hydrogens (tertiary/aromatic N) is 2. The molecule has 0 aliphatic heterocycles. The summed E-state index contributed by atoms with van der Waals surface area (Å²) in [5.41, 5.74) is 4.12. The second kappa shape index (κ2) is 7.79. The molecule has 0 unspecified atom stereocenters. The number of non-ortho nitro benzene ring substituents is 1. The van der Waals surface area contributed by atoms with Gasteiger partial charge < -0.3 is 9.47 Å². The van der Waals surface area contributed by atoms with Gasteiger partial charge in [-0.15, -0.1) is 0 Å². The third-order valence-electron chi connectivity index (χ3n) is 2.95. The van der Waals surface area contributed by atoms with E-state index in [4.69, 9.17) is 9.47 Å². The number of anilines is 1. The van der Waals surface area contributed by atoms with Crippen LogP contribution in [0.15, 0.2) is 47.6 Å². The highest BCUT2D eigenvalue weighted by Crippen LogP contribution is 2.27. The molecule has 0 amide bonds. The summed E-state index contributed by atoms with van der Waals surface area (Å²) in [5.74, 6) is 1.28. The van der Waals surface area contributed by atoms with Crippen molar-refractivity contribution >= 4 is 17.6 Å². The van der Waals surface area contributed by atoms with Gasteiger partial charge in [0.2, 0.25) is 0 Å². The lowest BCUT2D eigenvalue weighted by Gasteiger charge is -2.09. The van der Waals surface area contributed by atoms with Gasteiger partial charge in [-0.25, -0.2) is 0 Å². The van der Waals surface area contributed by atoms with Crippen molar-refractivity contribution in [1.82, 2.24) is 0 Å². The van der Waals surface area contributed by atoms with Crippen LogP contribution in [0.1, 0.15) is 12.5 Å². The monoisotopic (exact) mass is 315 g/mol. The summed E-state index contributed by atoms with van der Waals surface area (Å²) in [5, 5.41) is 14.8. The molecule has 120 valence electrons. The van der Waals surface area contributed by atoms with Crippen molar-refractivity contribution in [2.75, 3.05) is 19.1 Å². The van der Waals surface area contributed by atoms with Crippen molar-refractivity contribution in [3.63, 3.8) is 0 Å². The smallest absolute Gasteiger partial charge is 0.271 e. The molecule has 0 heterocycles. The lowest BCUT2D eigenvalue weighted by molar-refractivity contribution is -0.384. The number of benzene rings is 2. The standard InChI is InChI=1S/C16H17N3O4/c1-3-23-16-9-12(7-8-15(16)22-2)11-17-18-13-5-4-6-14(10-13)19(20)21/h4-11,18H,3H2,1-2H3. The van der Waals surface area contributed by atoms with Gasteiger partial charge in [-0.3, -0.25) is 15.5 Å². The topological polar surface area (TPSA) is 86.0 Å².